The van der Waals surface area contributed by atoms with Crippen molar-refractivity contribution in [2.24, 2.45) is 0 Å². The molecule has 0 aliphatic heterocycles. The predicted molar refractivity (Wildman–Crippen MR) is 72.1 cm³/mol. The molecule has 0 atom stereocenters. The van der Waals surface area contributed by atoms with Crippen molar-refractivity contribution in [3.05, 3.63) is 59.2 Å². The molecule has 0 saturated heterocycles. The summed E-state index contributed by atoms with van der Waals surface area (Å²) in [4.78, 5) is 11.9. The number of aromatic hydroxyl groups is 2. The molecule has 0 heterocycles. The fourth-order valence-corrected chi connectivity index (χ4v) is 1.83. The fourth-order valence-electron chi connectivity index (χ4n) is 1.83. The number of aryl methyl sites for hydroxylation is 1. The van der Waals surface area contributed by atoms with Gasteiger partial charge in [0.2, 0.25) is 0 Å². The average molecular weight is 257 g/mol. The van der Waals surface area contributed by atoms with E-state index < -0.39 is 0 Å². The summed E-state index contributed by atoms with van der Waals surface area (Å²) < 4.78 is 0. The standard InChI is InChI=1S/C15H15NO3/c1-10-3-2-4-11(5-10)9-16-15(19)12-6-13(17)8-14(18)7-12/h2-8,17-18H,9H2,1H3,(H,16,19). The topological polar surface area (TPSA) is 69.6 Å². The van der Waals surface area contributed by atoms with Crippen LogP contribution in [0.15, 0.2) is 42.5 Å². The van der Waals surface area contributed by atoms with Crippen LogP contribution in [0, 0.1) is 6.92 Å². The lowest BCUT2D eigenvalue weighted by molar-refractivity contribution is 0.0950. The monoisotopic (exact) mass is 257 g/mol. The highest BCUT2D eigenvalue weighted by atomic mass is 16.3. The third-order valence-electron chi connectivity index (χ3n) is 2.70. The van der Waals surface area contributed by atoms with Crippen LogP contribution in [0.2, 0.25) is 0 Å². The molecule has 3 N–H and O–H groups in total. The number of phenolic OH excluding ortho intramolecular Hbond substituents is 2. The zero-order valence-corrected chi connectivity index (χ0v) is 10.6. The van der Waals surface area contributed by atoms with Crippen LogP contribution in [0.4, 0.5) is 0 Å². The van der Waals surface area contributed by atoms with Crippen molar-refractivity contribution in [3.8, 4) is 11.5 Å². The number of carbonyl (C=O) groups is 1. The van der Waals surface area contributed by atoms with Crippen LogP contribution < -0.4 is 5.32 Å². The number of nitrogens with one attached hydrogen (secondary N) is 1. The van der Waals surface area contributed by atoms with E-state index in [1.807, 2.05) is 31.2 Å². The van der Waals surface area contributed by atoms with E-state index in [1.54, 1.807) is 0 Å². The normalized spacial score (nSPS) is 10.2. The molecule has 0 aliphatic rings. The highest BCUT2D eigenvalue weighted by molar-refractivity contribution is 5.94. The average Bonchev–Trinajstić information content (AvgIpc) is 2.35. The van der Waals surface area contributed by atoms with Crippen LogP contribution in [0.1, 0.15) is 21.5 Å². The van der Waals surface area contributed by atoms with Gasteiger partial charge in [0.1, 0.15) is 11.5 Å². The lowest BCUT2D eigenvalue weighted by atomic mass is 10.1. The Labute approximate surface area is 111 Å². The third-order valence-corrected chi connectivity index (χ3v) is 2.70. The molecule has 2 rings (SSSR count). The first kappa shape index (κ1) is 13.0. The lowest BCUT2D eigenvalue weighted by Gasteiger charge is -2.07. The highest BCUT2D eigenvalue weighted by Gasteiger charge is 2.08. The van der Waals surface area contributed by atoms with Gasteiger partial charge in [-0.2, -0.15) is 0 Å². The van der Waals surface area contributed by atoms with Crippen molar-refractivity contribution in [2.75, 3.05) is 0 Å². The van der Waals surface area contributed by atoms with Crippen molar-refractivity contribution in [1.29, 1.82) is 0 Å². The van der Waals surface area contributed by atoms with E-state index in [0.29, 0.717) is 6.54 Å². The van der Waals surface area contributed by atoms with E-state index in [4.69, 9.17) is 0 Å². The molecule has 2 aromatic rings. The van der Waals surface area contributed by atoms with Crippen molar-refractivity contribution in [2.45, 2.75) is 13.5 Å². The van der Waals surface area contributed by atoms with Gasteiger partial charge in [-0.15, -0.1) is 0 Å². The summed E-state index contributed by atoms with van der Waals surface area (Å²) in [6.45, 7) is 2.38. The first-order valence-electron chi connectivity index (χ1n) is 5.91. The van der Waals surface area contributed by atoms with Gasteiger partial charge >= 0.3 is 0 Å². The van der Waals surface area contributed by atoms with E-state index >= 15 is 0 Å². The van der Waals surface area contributed by atoms with Gasteiger partial charge < -0.3 is 15.5 Å². The minimum atomic E-state index is -0.340. The van der Waals surface area contributed by atoms with E-state index in [0.717, 1.165) is 11.1 Å². The molecule has 2 aromatic carbocycles. The Morgan fingerprint density at radius 1 is 1.11 bits per heavy atom. The van der Waals surface area contributed by atoms with Gasteiger partial charge in [-0.1, -0.05) is 29.8 Å². The maximum atomic E-state index is 11.9. The Bertz CT molecular complexity index is 588. The quantitative estimate of drug-likeness (QED) is 0.790. The molecule has 4 heteroatoms. The van der Waals surface area contributed by atoms with E-state index in [9.17, 15) is 15.0 Å². The number of phenols is 2. The SMILES string of the molecule is Cc1cccc(CNC(=O)c2cc(O)cc(O)c2)c1. The zero-order chi connectivity index (χ0) is 13.8. The first-order chi connectivity index (χ1) is 9.04. The largest absolute Gasteiger partial charge is 0.508 e. The molecule has 0 fully saturated rings. The minimum absolute atomic E-state index is 0.138. The highest BCUT2D eigenvalue weighted by Crippen LogP contribution is 2.20. The summed E-state index contributed by atoms with van der Waals surface area (Å²) >= 11 is 0. The summed E-state index contributed by atoms with van der Waals surface area (Å²) in [5.41, 5.74) is 2.35. The smallest absolute Gasteiger partial charge is 0.251 e. The van der Waals surface area contributed by atoms with Crippen molar-refractivity contribution in [1.82, 2.24) is 5.32 Å². The summed E-state index contributed by atoms with van der Waals surface area (Å²) in [5, 5.41) is 21.4. The van der Waals surface area contributed by atoms with E-state index in [2.05, 4.69) is 5.32 Å². The molecule has 98 valence electrons. The summed E-state index contributed by atoms with van der Waals surface area (Å²) in [6, 6.07) is 11.6. The number of amides is 1. The van der Waals surface area contributed by atoms with Gasteiger partial charge in [-0.25, -0.2) is 0 Å². The Balaban J connectivity index is 2.05. The molecular weight excluding hydrogens is 242 g/mol. The maximum Gasteiger partial charge on any atom is 0.251 e. The number of hydrogen-bond acceptors (Lipinski definition) is 3. The Kier molecular flexibility index (Phi) is 3.71. The third kappa shape index (κ3) is 3.48. The Morgan fingerprint density at radius 3 is 2.42 bits per heavy atom. The first-order valence-corrected chi connectivity index (χ1v) is 5.91. The molecule has 0 aromatic heterocycles. The Hall–Kier alpha value is -2.49. The van der Waals surface area contributed by atoms with Gasteiger partial charge in [0.15, 0.2) is 0 Å². The Morgan fingerprint density at radius 2 is 1.79 bits per heavy atom. The molecule has 0 bridgehead atoms. The van der Waals surface area contributed by atoms with Crippen LogP contribution in [0.3, 0.4) is 0 Å². The van der Waals surface area contributed by atoms with Crippen LogP contribution in [-0.2, 0) is 6.54 Å². The van der Waals surface area contributed by atoms with Gasteiger partial charge in [-0.05, 0) is 24.6 Å². The summed E-state index contributed by atoms with van der Waals surface area (Å²) in [7, 11) is 0. The zero-order valence-electron chi connectivity index (χ0n) is 10.6. The van der Waals surface area contributed by atoms with Crippen molar-refractivity contribution in [3.63, 3.8) is 0 Å². The summed E-state index contributed by atoms with van der Waals surface area (Å²) in [6.07, 6.45) is 0. The van der Waals surface area contributed by atoms with Crippen LogP contribution >= 0.6 is 0 Å². The predicted octanol–water partition coefficient (Wildman–Crippen LogP) is 2.34. The van der Waals surface area contributed by atoms with Gasteiger partial charge in [0, 0.05) is 18.2 Å². The van der Waals surface area contributed by atoms with Gasteiger partial charge in [0.05, 0.1) is 0 Å². The van der Waals surface area contributed by atoms with E-state index in [1.165, 1.54) is 18.2 Å². The molecule has 0 radical (unpaired) electrons. The molecular formula is C15H15NO3. The molecule has 19 heavy (non-hydrogen) atoms. The van der Waals surface area contributed by atoms with Crippen LogP contribution in [0.5, 0.6) is 11.5 Å². The van der Waals surface area contributed by atoms with Crippen molar-refractivity contribution < 1.29 is 15.0 Å². The molecule has 0 saturated carbocycles. The lowest BCUT2D eigenvalue weighted by Crippen LogP contribution is -2.22. The van der Waals surface area contributed by atoms with Gasteiger partial charge in [-0.3, -0.25) is 4.79 Å². The molecule has 0 spiro atoms. The minimum Gasteiger partial charge on any atom is -0.508 e. The van der Waals surface area contributed by atoms with Crippen molar-refractivity contribution >= 4 is 5.91 Å². The van der Waals surface area contributed by atoms with E-state index in [-0.39, 0.29) is 23.0 Å². The van der Waals surface area contributed by atoms with Crippen LogP contribution in [0.25, 0.3) is 0 Å². The second kappa shape index (κ2) is 5.44. The number of carbonyl (C=O) groups excluding carboxylic acids is 1. The second-order valence-corrected chi connectivity index (χ2v) is 4.41. The number of rotatable bonds is 3. The molecule has 4 nitrogen and oxygen atoms in total. The second-order valence-electron chi connectivity index (χ2n) is 4.41. The fraction of sp³-hybridized carbons (Fsp3) is 0.133. The maximum absolute atomic E-state index is 11.9. The number of hydrogen-bond donors (Lipinski definition) is 3. The molecule has 1 amide bonds. The summed E-state index contributed by atoms with van der Waals surface area (Å²) in [5.74, 6) is -0.617. The molecule has 0 unspecified atom stereocenters. The molecule has 0 aliphatic carbocycles. The number of benzene rings is 2. The van der Waals surface area contributed by atoms with Gasteiger partial charge in [0.25, 0.3) is 5.91 Å². The van der Waals surface area contributed by atoms with Crippen LogP contribution in [-0.4, -0.2) is 16.1 Å².